The summed E-state index contributed by atoms with van der Waals surface area (Å²) in [6, 6.07) is 11.1. The lowest BCUT2D eigenvalue weighted by molar-refractivity contribution is 0.352. The van der Waals surface area contributed by atoms with Gasteiger partial charge in [-0.05, 0) is 90.6 Å². The molecule has 0 aliphatic heterocycles. The van der Waals surface area contributed by atoms with Crippen molar-refractivity contribution in [2.45, 2.75) is 38.5 Å². The quantitative estimate of drug-likeness (QED) is 0.502. The van der Waals surface area contributed by atoms with Crippen molar-refractivity contribution in [3.63, 3.8) is 0 Å². The number of benzene rings is 2. The fraction of sp³-hybridized carbons (Fsp3) is 0.364. The number of aryl methyl sites for hydroxylation is 2. The Kier molecular flexibility index (Phi) is 4.86. The van der Waals surface area contributed by atoms with E-state index >= 15 is 0 Å². The zero-order chi connectivity index (χ0) is 18.3. The predicted molar refractivity (Wildman–Crippen MR) is 115 cm³/mol. The molecule has 26 heavy (non-hydrogen) atoms. The number of rotatable bonds is 4. The first-order chi connectivity index (χ1) is 12.6. The fourth-order valence-electron chi connectivity index (χ4n) is 4.25. The highest BCUT2D eigenvalue weighted by Gasteiger charge is 2.25. The Morgan fingerprint density at radius 3 is 2.77 bits per heavy atom. The third kappa shape index (κ3) is 3.08. The van der Waals surface area contributed by atoms with Gasteiger partial charge in [0, 0.05) is 22.5 Å². The Hall–Kier alpha value is -1.69. The Morgan fingerprint density at radius 2 is 2.00 bits per heavy atom. The number of hydrogen-bond acceptors (Lipinski definition) is 2. The zero-order valence-corrected chi connectivity index (χ0v) is 17.6. The maximum atomic E-state index is 5.54. The number of methoxy groups -OCH3 is 2. The molecule has 1 heterocycles. The maximum absolute atomic E-state index is 5.54. The SMILES string of the molecule is COc1cc(CC2CCCc3c2[nH]c2ccc(C)cc32)cc(I)c1OC. The molecule has 0 fully saturated rings. The van der Waals surface area contributed by atoms with E-state index < -0.39 is 0 Å². The lowest BCUT2D eigenvalue weighted by Gasteiger charge is -2.23. The first-order valence-corrected chi connectivity index (χ1v) is 10.2. The molecule has 0 saturated carbocycles. The summed E-state index contributed by atoms with van der Waals surface area (Å²) in [6.07, 6.45) is 4.68. The molecule has 136 valence electrons. The van der Waals surface area contributed by atoms with Crippen LogP contribution in [0.1, 0.15) is 41.1 Å². The van der Waals surface area contributed by atoms with Crippen LogP contribution >= 0.6 is 22.6 Å². The van der Waals surface area contributed by atoms with Crippen molar-refractivity contribution >= 4 is 33.5 Å². The van der Waals surface area contributed by atoms with Crippen LogP contribution in [-0.4, -0.2) is 19.2 Å². The minimum absolute atomic E-state index is 0.528. The van der Waals surface area contributed by atoms with Crippen molar-refractivity contribution in [2.75, 3.05) is 14.2 Å². The summed E-state index contributed by atoms with van der Waals surface area (Å²) in [7, 11) is 3.40. The van der Waals surface area contributed by atoms with Gasteiger partial charge in [0.1, 0.15) is 0 Å². The Bertz CT molecular complexity index is 960. The minimum Gasteiger partial charge on any atom is -0.493 e. The number of ether oxygens (including phenoxy) is 2. The molecule has 4 heteroatoms. The molecule has 1 aromatic heterocycles. The standard InChI is InChI=1S/C22H24INO2/c1-13-7-8-19-17(9-13)16-6-4-5-15(21(16)24-19)10-14-11-18(23)22(26-3)20(12-14)25-2/h7-9,11-12,15,24H,4-6,10H2,1-3H3. The lowest BCUT2D eigenvalue weighted by atomic mass is 9.83. The summed E-state index contributed by atoms with van der Waals surface area (Å²) in [4.78, 5) is 3.72. The average molecular weight is 461 g/mol. The van der Waals surface area contributed by atoms with Crippen LogP contribution in [0.5, 0.6) is 11.5 Å². The van der Waals surface area contributed by atoms with Crippen molar-refractivity contribution in [1.82, 2.24) is 4.98 Å². The van der Waals surface area contributed by atoms with Gasteiger partial charge in [0.2, 0.25) is 0 Å². The highest BCUT2D eigenvalue weighted by Crippen LogP contribution is 2.40. The highest BCUT2D eigenvalue weighted by molar-refractivity contribution is 14.1. The number of halogens is 1. The van der Waals surface area contributed by atoms with Crippen LogP contribution in [0.25, 0.3) is 10.9 Å². The number of aromatic nitrogens is 1. The van der Waals surface area contributed by atoms with Gasteiger partial charge in [-0.3, -0.25) is 0 Å². The van der Waals surface area contributed by atoms with E-state index in [0.717, 1.165) is 21.5 Å². The lowest BCUT2D eigenvalue weighted by Crippen LogP contribution is -2.12. The highest BCUT2D eigenvalue weighted by atomic mass is 127. The van der Waals surface area contributed by atoms with E-state index in [0.29, 0.717) is 5.92 Å². The summed E-state index contributed by atoms with van der Waals surface area (Å²) in [6.45, 7) is 2.17. The molecule has 3 nitrogen and oxygen atoms in total. The molecule has 1 unspecified atom stereocenters. The molecule has 1 atom stereocenters. The minimum atomic E-state index is 0.528. The molecular weight excluding hydrogens is 437 g/mol. The number of hydrogen-bond donors (Lipinski definition) is 1. The maximum Gasteiger partial charge on any atom is 0.174 e. The Morgan fingerprint density at radius 1 is 1.15 bits per heavy atom. The van der Waals surface area contributed by atoms with Crippen molar-refractivity contribution in [2.24, 2.45) is 0 Å². The third-order valence-electron chi connectivity index (χ3n) is 5.46. The van der Waals surface area contributed by atoms with E-state index in [1.807, 2.05) is 0 Å². The van der Waals surface area contributed by atoms with E-state index in [9.17, 15) is 0 Å². The normalized spacial score (nSPS) is 16.5. The molecule has 0 saturated heterocycles. The number of aromatic amines is 1. The van der Waals surface area contributed by atoms with Crippen LogP contribution in [0, 0.1) is 10.5 Å². The van der Waals surface area contributed by atoms with Gasteiger partial charge in [0.25, 0.3) is 0 Å². The molecular formula is C22H24INO2. The van der Waals surface area contributed by atoms with E-state index in [-0.39, 0.29) is 0 Å². The van der Waals surface area contributed by atoms with Gasteiger partial charge in [-0.15, -0.1) is 0 Å². The molecule has 0 spiro atoms. The topological polar surface area (TPSA) is 34.2 Å². The summed E-state index contributed by atoms with van der Waals surface area (Å²) in [5.74, 6) is 2.17. The van der Waals surface area contributed by atoms with Gasteiger partial charge < -0.3 is 14.5 Å². The van der Waals surface area contributed by atoms with Gasteiger partial charge in [-0.1, -0.05) is 11.6 Å². The molecule has 1 aliphatic rings. The van der Waals surface area contributed by atoms with E-state index in [4.69, 9.17) is 9.47 Å². The van der Waals surface area contributed by atoms with E-state index in [1.165, 1.54) is 52.5 Å². The second kappa shape index (κ2) is 7.14. The molecule has 1 aliphatic carbocycles. The van der Waals surface area contributed by atoms with E-state index in [1.54, 1.807) is 14.2 Å². The van der Waals surface area contributed by atoms with Crippen LogP contribution in [0.3, 0.4) is 0 Å². The summed E-state index contributed by atoms with van der Waals surface area (Å²) >= 11 is 2.33. The summed E-state index contributed by atoms with van der Waals surface area (Å²) in [5, 5.41) is 1.41. The largest absolute Gasteiger partial charge is 0.493 e. The van der Waals surface area contributed by atoms with Crippen LogP contribution in [-0.2, 0) is 12.8 Å². The van der Waals surface area contributed by atoms with Gasteiger partial charge in [0.15, 0.2) is 11.5 Å². The predicted octanol–water partition coefficient (Wildman–Crippen LogP) is 5.76. The van der Waals surface area contributed by atoms with Crippen LogP contribution in [0.2, 0.25) is 0 Å². The van der Waals surface area contributed by atoms with Crippen molar-refractivity contribution in [1.29, 1.82) is 0 Å². The molecule has 0 bridgehead atoms. The summed E-state index contributed by atoms with van der Waals surface area (Å²) in [5.41, 5.74) is 6.86. The van der Waals surface area contributed by atoms with Crippen molar-refractivity contribution in [3.8, 4) is 11.5 Å². The third-order valence-corrected chi connectivity index (χ3v) is 6.26. The zero-order valence-electron chi connectivity index (χ0n) is 15.5. The Labute approximate surface area is 168 Å². The molecule has 0 radical (unpaired) electrons. The molecule has 3 aromatic rings. The molecule has 0 amide bonds. The second-order valence-corrected chi connectivity index (χ2v) is 8.33. The second-order valence-electron chi connectivity index (χ2n) is 7.17. The van der Waals surface area contributed by atoms with E-state index in [2.05, 4.69) is 64.8 Å². The van der Waals surface area contributed by atoms with Gasteiger partial charge in [0.05, 0.1) is 17.8 Å². The van der Waals surface area contributed by atoms with Gasteiger partial charge >= 0.3 is 0 Å². The first-order valence-electron chi connectivity index (χ1n) is 9.12. The van der Waals surface area contributed by atoms with Crippen molar-refractivity contribution in [3.05, 3.63) is 56.3 Å². The van der Waals surface area contributed by atoms with Crippen molar-refractivity contribution < 1.29 is 9.47 Å². The van der Waals surface area contributed by atoms with Gasteiger partial charge in [-0.2, -0.15) is 0 Å². The number of nitrogens with one attached hydrogen (secondary N) is 1. The summed E-state index contributed by atoms with van der Waals surface area (Å²) < 4.78 is 12.1. The number of H-pyrrole nitrogens is 1. The van der Waals surface area contributed by atoms with Crippen LogP contribution in [0.4, 0.5) is 0 Å². The van der Waals surface area contributed by atoms with Crippen LogP contribution in [0.15, 0.2) is 30.3 Å². The Balaban J connectivity index is 1.71. The van der Waals surface area contributed by atoms with Gasteiger partial charge in [-0.25, -0.2) is 0 Å². The smallest absolute Gasteiger partial charge is 0.174 e. The number of fused-ring (bicyclic) bond motifs is 3. The molecule has 1 N–H and O–H groups in total. The molecule has 2 aromatic carbocycles. The first kappa shape index (κ1) is 17.7. The fourth-order valence-corrected chi connectivity index (χ4v) is 5.13. The van der Waals surface area contributed by atoms with Crippen LogP contribution < -0.4 is 9.47 Å². The average Bonchev–Trinajstić information content (AvgIpc) is 3.00. The monoisotopic (exact) mass is 461 g/mol. The molecule has 4 rings (SSSR count).